The summed E-state index contributed by atoms with van der Waals surface area (Å²) >= 11 is 0. The maximum absolute atomic E-state index is 3.84. The van der Waals surface area contributed by atoms with E-state index in [-0.39, 0.29) is 0 Å². The summed E-state index contributed by atoms with van der Waals surface area (Å²) in [6, 6.07) is 0. The van der Waals surface area contributed by atoms with Gasteiger partial charge in [-0.15, -0.1) is 0 Å². The summed E-state index contributed by atoms with van der Waals surface area (Å²) in [5, 5.41) is 0. The fraction of sp³-hybridized carbons (Fsp3) is 0.643. The van der Waals surface area contributed by atoms with E-state index in [1.807, 2.05) is 0 Å². The van der Waals surface area contributed by atoms with Gasteiger partial charge in [0.2, 0.25) is 0 Å². The maximum atomic E-state index is 3.84. The predicted octanol–water partition coefficient (Wildman–Crippen LogP) is 5.07. The van der Waals surface area contributed by atoms with E-state index in [1.54, 1.807) is 0 Å². The van der Waals surface area contributed by atoms with Crippen molar-refractivity contribution in [2.45, 2.75) is 58.3 Å². The van der Waals surface area contributed by atoms with Gasteiger partial charge in [-0.2, -0.15) is 0 Å². The van der Waals surface area contributed by atoms with Crippen molar-refractivity contribution >= 4 is 0 Å². The average Bonchev–Trinajstić information content (AvgIpc) is 2.21. The van der Waals surface area contributed by atoms with Crippen LogP contribution in [0.5, 0.6) is 0 Å². The van der Waals surface area contributed by atoms with Gasteiger partial charge in [0.25, 0.3) is 0 Å². The Morgan fingerprint density at radius 1 is 0.857 bits per heavy atom. The Bertz CT molecular complexity index is 142. The molecule has 0 atom stereocenters. The lowest BCUT2D eigenvalue weighted by molar-refractivity contribution is 0.621. The minimum Gasteiger partial charge on any atom is -0.0914 e. The van der Waals surface area contributed by atoms with E-state index < -0.39 is 0 Å². The van der Waals surface area contributed by atoms with E-state index in [0.717, 1.165) is 12.8 Å². The highest BCUT2D eigenvalue weighted by atomic mass is 13.9. The van der Waals surface area contributed by atoms with E-state index in [2.05, 4.69) is 38.2 Å². The van der Waals surface area contributed by atoms with Crippen LogP contribution in [0.25, 0.3) is 0 Å². The zero-order chi connectivity index (χ0) is 10.5. The van der Waals surface area contributed by atoms with Crippen molar-refractivity contribution < 1.29 is 0 Å². The predicted molar refractivity (Wildman–Crippen MR) is 66.2 cm³/mol. The van der Waals surface area contributed by atoms with Gasteiger partial charge in [-0.05, 0) is 26.2 Å². The van der Waals surface area contributed by atoms with Crippen molar-refractivity contribution in [2.24, 2.45) is 0 Å². The maximum Gasteiger partial charge on any atom is -0.0169 e. The summed E-state index contributed by atoms with van der Waals surface area (Å²) in [6.07, 6.45) is 19.1. The van der Waals surface area contributed by atoms with Crippen LogP contribution < -0.4 is 0 Å². The Labute approximate surface area is 90.1 Å². The van der Waals surface area contributed by atoms with E-state index in [4.69, 9.17) is 0 Å². The molecule has 0 heteroatoms. The van der Waals surface area contributed by atoms with Crippen molar-refractivity contribution in [3.8, 4) is 0 Å². The zero-order valence-electron chi connectivity index (χ0n) is 9.67. The third kappa shape index (κ3) is 11.5. The molecule has 0 aromatic rings. The minimum absolute atomic E-state index is 1.10. The Hall–Kier alpha value is -0.520. The van der Waals surface area contributed by atoms with Gasteiger partial charge in [-0.1, -0.05) is 63.3 Å². The van der Waals surface area contributed by atoms with Gasteiger partial charge in [0.1, 0.15) is 0 Å². The largest absolute Gasteiger partial charge is 0.0914 e. The van der Waals surface area contributed by atoms with Gasteiger partial charge in [-0.3, -0.25) is 0 Å². The van der Waals surface area contributed by atoms with Crippen LogP contribution in [0.3, 0.4) is 0 Å². The first-order valence-corrected chi connectivity index (χ1v) is 5.97. The standard InChI is InChI=1S/C14H25/c1-3-5-7-9-11-13-14-12-10-8-6-4-2/h4,6,10,12H,1,3,5,7-9,11,13-14H2,2H3/b6-4?,12-10+. The zero-order valence-corrected chi connectivity index (χ0v) is 9.67. The number of hydrogen-bond acceptors (Lipinski definition) is 0. The Morgan fingerprint density at radius 3 is 2.29 bits per heavy atom. The van der Waals surface area contributed by atoms with Gasteiger partial charge in [0.15, 0.2) is 0 Å². The molecule has 0 amide bonds. The summed E-state index contributed by atoms with van der Waals surface area (Å²) in [7, 11) is 0. The normalized spacial score (nSPS) is 11.9. The van der Waals surface area contributed by atoms with Gasteiger partial charge < -0.3 is 0 Å². The Morgan fingerprint density at radius 2 is 1.57 bits per heavy atom. The second kappa shape index (κ2) is 12.5. The fourth-order valence-electron chi connectivity index (χ4n) is 1.40. The first-order chi connectivity index (χ1) is 6.91. The molecule has 0 aromatic heterocycles. The van der Waals surface area contributed by atoms with Crippen molar-refractivity contribution in [3.05, 3.63) is 31.2 Å². The van der Waals surface area contributed by atoms with Crippen molar-refractivity contribution in [3.63, 3.8) is 0 Å². The molecule has 1 radical (unpaired) electrons. The molecule has 0 fully saturated rings. The molecule has 0 aliphatic heterocycles. The van der Waals surface area contributed by atoms with Crippen LogP contribution in [0.15, 0.2) is 24.3 Å². The molecule has 0 aliphatic rings. The molecule has 0 saturated carbocycles. The Kier molecular flexibility index (Phi) is 12.0. The highest BCUT2D eigenvalue weighted by Gasteiger charge is 1.87. The molecule has 0 aliphatic carbocycles. The molecular weight excluding hydrogens is 168 g/mol. The average molecular weight is 193 g/mol. The smallest absolute Gasteiger partial charge is 0.0169 e. The molecule has 0 nitrogen and oxygen atoms in total. The molecule has 0 N–H and O–H groups in total. The monoisotopic (exact) mass is 193 g/mol. The lowest BCUT2D eigenvalue weighted by atomic mass is 10.1. The first-order valence-electron chi connectivity index (χ1n) is 5.97. The lowest BCUT2D eigenvalue weighted by Crippen LogP contribution is -1.77. The van der Waals surface area contributed by atoms with Crippen LogP contribution in [-0.2, 0) is 0 Å². The summed E-state index contributed by atoms with van der Waals surface area (Å²) in [5.41, 5.74) is 0. The van der Waals surface area contributed by atoms with E-state index in [0.29, 0.717) is 0 Å². The number of hydrogen-bond donors (Lipinski definition) is 0. The highest BCUT2D eigenvalue weighted by Crippen LogP contribution is 2.07. The van der Waals surface area contributed by atoms with E-state index in [9.17, 15) is 0 Å². The fourth-order valence-corrected chi connectivity index (χ4v) is 1.40. The second-order valence-electron chi connectivity index (χ2n) is 3.69. The quantitative estimate of drug-likeness (QED) is 0.354. The molecule has 0 aromatic carbocycles. The van der Waals surface area contributed by atoms with Crippen molar-refractivity contribution in [2.75, 3.05) is 0 Å². The number of unbranched alkanes of at least 4 members (excludes halogenated alkanes) is 6. The molecule has 0 unspecified atom stereocenters. The van der Waals surface area contributed by atoms with E-state index >= 15 is 0 Å². The van der Waals surface area contributed by atoms with Crippen LogP contribution in [0.4, 0.5) is 0 Å². The molecule has 0 saturated heterocycles. The highest BCUT2D eigenvalue weighted by molar-refractivity contribution is 4.91. The summed E-state index contributed by atoms with van der Waals surface area (Å²) in [4.78, 5) is 0. The second-order valence-corrected chi connectivity index (χ2v) is 3.69. The third-order valence-electron chi connectivity index (χ3n) is 2.30. The first kappa shape index (κ1) is 13.5. The molecule has 0 heterocycles. The van der Waals surface area contributed by atoms with Crippen LogP contribution in [0.1, 0.15) is 58.3 Å². The molecular formula is C14H25. The summed E-state index contributed by atoms with van der Waals surface area (Å²) in [5.74, 6) is 0. The van der Waals surface area contributed by atoms with Crippen LogP contribution in [0, 0.1) is 6.92 Å². The summed E-state index contributed by atoms with van der Waals surface area (Å²) in [6.45, 7) is 5.91. The van der Waals surface area contributed by atoms with Crippen LogP contribution in [0.2, 0.25) is 0 Å². The molecule has 81 valence electrons. The number of allylic oxidation sites excluding steroid dienone is 4. The van der Waals surface area contributed by atoms with Gasteiger partial charge >= 0.3 is 0 Å². The third-order valence-corrected chi connectivity index (χ3v) is 2.30. The minimum atomic E-state index is 1.10. The SMILES string of the molecule is [CH2]CCCCCCC/C=C/CC=CC. The molecule has 0 spiro atoms. The van der Waals surface area contributed by atoms with Crippen LogP contribution in [-0.4, -0.2) is 0 Å². The van der Waals surface area contributed by atoms with Gasteiger partial charge in [-0.25, -0.2) is 0 Å². The summed E-state index contributed by atoms with van der Waals surface area (Å²) < 4.78 is 0. The van der Waals surface area contributed by atoms with Crippen molar-refractivity contribution in [1.29, 1.82) is 0 Å². The van der Waals surface area contributed by atoms with Gasteiger partial charge in [0.05, 0.1) is 0 Å². The molecule has 0 rings (SSSR count). The molecule has 14 heavy (non-hydrogen) atoms. The molecule has 0 bridgehead atoms. The van der Waals surface area contributed by atoms with Gasteiger partial charge in [0, 0.05) is 0 Å². The van der Waals surface area contributed by atoms with E-state index in [1.165, 1.54) is 38.5 Å². The topological polar surface area (TPSA) is 0 Å². The number of rotatable bonds is 9. The lowest BCUT2D eigenvalue weighted by Gasteiger charge is -1.97. The van der Waals surface area contributed by atoms with Crippen molar-refractivity contribution in [1.82, 2.24) is 0 Å². The van der Waals surface area contributed by atoms with Crippen LogP contribution >= 0.6 is 0 Å². The Balaban J connectivity index is 3.01.